The van der Waals surface area contributed by atoms with E-state index < -0.39 is 15.8 Å². The molecule has 0 radical (unpaired) electrons. The first-order valence-corrected chi connectivity index (χ1v) is 8.36. The van der Waals surface area contributed by atoms with Crippen molar-refractivity contribution in [3.63, 3.8) is 0 Å². The van der Waals surface area contributed by atoms with Crippen LogP contribution >= 0.6 is 0 Å². The van der Waals surface area contributed by atoms with Gasteiger partial charge in [0.1, 0.15) is 5.76 Å². The zero-order chi connectivity index (χ0) is 17.0. The fraction of sp³-hybridized carbons (Fsp3) is 0.333. The lowest BCUT2D eigenvalue weighted by molar-refractivity contribution is 0.259. The normalized spacial score (nSPS) is 13.3. The smallest absolute Gasteiger partial charge is 0.240 e. The molecule has 0 aliphatic rings. The third-order valence-corrected chi connectivity index (χ3v) is 4.82. The molecule has 0 amide bonds. The Balaban J connectivity index is 2.16. The first kappa shape index (κ1) is 17.5. The SMILES string of the molecule is COc1ccc(S(=O)(=O)NCC(c2ccco2)N(C)C)cc1F. The first-order valence-electron chi connectivity index (χ1n) is 6.88. The molecule has 8 heteroatoms. The third-order valence-electron chi connectivity index (χ3n) is 3.40. The maximum Gasteiger partial charge on any atom is 0.240 e. The minimum Gasteiger partial charge on any atom is -0.494 e. The van der Waals surface area contributed by atoms with Crippen LogP contribution in [-0.4, -0.2) is 41.1 Å². The molecular weight excluding hydrogens is 323 g/mol. The highest BCUT2D eigenvalue weighted by molar-refractivity contribution is 7.89. The summed E-state index contributed by atoms with van der Waals surface area (Å²) >= 11 is 0. The quantitative estimate of drug-likeness (QED) is 0.833. The van der Waals surface area contributed by atoms with E-state index in [1.165, 1.54) is 25.5 Å². The van der Waals surface area contributed by atoms with E-state index in [2.05, 4.69) is 4.72 Å². The molecule has 1 heterocycles. The molecule has 0 spiro atoms. The number of sulfonamides is 1. The Bertz CT molecular complexity index is 745. The molecule has 126 valence electrons. The van der Waals surface area contributed by atoms with E-state index in [1.54, 1.807) is 12.1 Å². The molecule has 1 unspecified atom stereocenters. The Kier molecular flexibility index (Phi) is 5.40. The van der Waals surface area contributed by atoms with Crippen LogP contribution in [0.3, 0.4) is 0 Å². The van der Waals surface area contributed by atoms with Crippen molar-refractivity contribution in [1.29, 1.82) is 0 Å². The maximum atomic E-state index is 13.7. The fourth-order valence-electron chi connectivity index (χ4n) is 2.10. The summed E-state index contributed by atoms with van der Waals surface area (Å²) in [5.41, 5.74) is 0. The minimum absolute atomic E-state index is 0.00861. The van der Waals surface area contributed by atoms with Gasteiger partial charge in [-0.1, -0.05) is 0 Å². The van der Waals surface area contributed by atoms with Gasteiger partial charge >= 0.3 is 0 Å². The molecule has 1 aromatic carbocycles. The zero-order valence-corrected chi connectivity index (χ0v) is 13.9. The molecule has 0 bridgehead atoms. The molecule has 2 aromatic rings. The number of nitrogens with zero attached hydrogens (tertiary/aromatic N) is 1. The van der Waals surface area contributed by atoms with Crippen molar-refractivity contribution in [2.75, 3.05) is 27.7 Å². The zero-order valence-electron chi connectivity index (χ0n) is 13.1. The molecule has 1 aromatic heterocycles. The molecule has 23 heavy (non-hydrogen) atoms. The van der Waals surface area contributed by atoms with E-state index in [0.29, 0.717) is 5.76 Å². The second-order valence-corrected chi connectivity index (χ2v) is 6.91. The number of hydrogen-bond donors (Lipinski definition) is 1. The Hall–Kier alpha value is -1.90. The minimum atomic E-state index is -3.84. The lowest BCUT2D eigenvalue weighted by Gasteiger charge is -2.22. The van der Waals surface area contributed by atoms with Crippen molar-refractivity contribution in [2.45, 2.75) is 10.9 Å². The van der Waals surface area contributed by atoms with Gasteiger partial charge in [0.15, 0.2) is 11.6 Å². The summed E-state index contributed by atoms with van der Waals surface area (Å²) in [5, 5.41) is 0. The highest BCUT2D eigenvalue weighted by Gasteiger charge is 2.22. The summed E-state index contributed by atoms with van der Waals surface area (Å²) in [6.45, 7) is 0.0937. The lowest BCUT2D eigenvalue weighted by atomic mass is 10.2. The summed E-state index contributed by atoms with van der Waals surface area (Å²) in [4.78, 5) is 1.67. The van der Waals surface area contributed by atoms with E-state index in [1.807, 2.05) is 19.0 Å². The summed E-state index contributed by atoms with van der Waals surface area (Å²) < 4.78 is 50.9. The molecule has 6 nitrogen and oxygen atoms in total. The van der Waals surface area contributed by atoms with Crippen molar-refractivity contribution >= 4 is 10.0 Å². The van der Waals surface area contributed by atoms with Crippen LogP contribution < -0.4 is 9.46 Å². The van der Waals surface area contributed by atoms with Crippen LogP contribution in [0.15, 0.2) is 45.9 Å². The number of rotatable bonds is 7. The third kappa shape index (κ3) is 4.10. The van der Waals surface area contributed by atoms with Gasteiger partial charge in [0.2, 0.25) is 10.0 Å². The maximum absolute atomic E-state index is 13.7. The topological polar surface area (TPSA) is 71.8 Å². The van der Waals surface area contributed by atoms with Crippen molar-refractivity contribution in [3.8, 4) is 5.75 Å². The summed E-state index contributed by atoms with van der Waals surface area (Å²) in [6.07, 6.45) is 1.53. The fourth-order valence-corrected chi connectivity index (χ4v) is 3.15. The van der Waals surface area contributed by atoms with Gasteiger partial charge in [-0.2, -0.15) is 0 Å². The van der Waals surface area contributed by atoms with E-state index in [0.717, 1.165) is 6.07 Å². The van der Waals surface area contributed by atoms with Crippen LogP contribution in [0.1, 0.15) is 11.8 Å². The van der Waals surface area contributed by atoms with Gasteiger partial charge in [-0.15, -0.1) is 0 Å². The standard InChI is InChI=1S/C15H19FN2O4S/c1-18(2)13(15-5-4-8-22-15)10-17-23(19,20)11-6-7-14(21-3)12(16)9-11/h4-9,13,17H,10H2,1-3H3. The van der Waals surface area contributed by atoms with Crippen LogP contribution in [0.2, 0.25) is 0 Å². The van der Waals surface area contributed by atoms with Gasteiger partial charge in [-0.05, 0) is 44.4 Å². The van der Waals surface area contributed by atoms with Crippen molar-refractivity contribution in [2.24, 2.45) is 0 Å². The molecule has 0 aliphatic heterocycles. The van der Waals surface area contributed by atoms with E-state index in [-0.39, 0.29) is 23.2 Å². The molecule has 0 fully saturated rings. The largest absolute Gasteiger partial charge is 0.494 e. The van der Waals surface area contributed by atoms with Crippen molar-refractivity contribution < 1.29 is 22.0 Å². The van der Waals surface area contributed by atoms with Crippen molar-refractivity contribution in [3.05, 3.63) is 48.2 Å². The predicted molar refractivity (Wildman–Crippen MR) is 83.3 cm³/mol. The number of ether oxygens (including phenoxy) is 1. The van der Waals surface area contributed by atoms with E-state index in [4.69, 9.17) is 9.15 Å². The van der Waals surface area contributed by atoms with Gasteiger partial charge in [0.25, 0.3) is 0 Å². The van der Waals surface area contributed by atoms with Gasteiger partial charge in [-0.25, -0.2) is 17.5 Å². The number of hydrogen-bond acceptors (Lipinski definition) is 5. The second kappa shape index (κ2) is 7.12. The molecule has 1 atom stereocenters. The van der Waals surface area contributed by atoms with Crippen LogP contribution in [0.25, 0.3) is 0 Å². The molecule has 0 saturated carbocycles. The van der Waals surface area contributed by atoms with E-state index >= 15 is 0 Å². The predicted octanol–water partition coefficient (Wildman–Crippen LogP) is 2.01. The lowest BCUT2D eigenvalue weighted by Crippen LogP contribution is -2.34. The number of benzene rings is 1. The number of furan rings is 1. The molecule has 2 rings (SSSR count). The number of likely N-dealkylation sites (N-methyl/N-ethyl adjacent to an activating group) is 1. The van der Waals surface area contributed by atoms with Crippen LogP contribution in [0, 0.1) is 5.82 Å². The van der Waals surface area contributed by atoms with Crippen LogP contribution in [0.5, 0.6) is 5.75 Å². The molecule has 1 N–H and O–H groups in total. The van der Waals surface area contributed by atoms with Gasteiger partial charge in [-0.3, -0.25) is 4.90 Å². The Morgan fingerprint density at radius 3 is 2.61 bits per heavy atom. The first-order chi connectivity index (χ1) is 10.8. The Labute approximate surface area is 134 Å². The van der Waals surface area contributed by atoms with Gasteiger partial charge < -0.3 is 9.15 Å². The Morgan fingerprint density at radius 2 is 2.09 bits per heavy atom. The molecule has 0 saturated heterocycles. The molecular formula is C15H19FN2O4S. The highest BCUT2D eigenvalue weighted by Crippen LogP contribution is 2.22. The van der Waals surface area contributed by atoms with Gasteiger partial charge in [0, 0.05) is 6.54 Å². The van der Waals surface area contributed by atoms with Gasteiger partial charge in [0.05, 0.1) is 24.3 Å². The highest BCUT2D eigenvalue weighted by atomic mass is 32.2. The van der Waals surface area contributed by atoms with Crippen LogP contribution in [0.4, 0.5) is 4.39 Å². The number of halogens is 1. The summed E-state index contributed by atoms with van der Waals surface area (Å²) in [7, 11) is 1.10. The van der Waals surface area contributed by atoms with E-state index in [9.17, 15) is 12.8 Å². The Morgan fingerprint density at radius 1 is 1.35 bits per heavy atom. The van der Waals surface area contributed by atoms with Crippen LogP contribution in [-0.2, 0) is 10.0 Å². The summed E-state index contributed by atoms with van der Waals surface area (Å²) in [5.74, 6) is -0.102. The molecule has 0 aliphatic carbocycles. The van der Waals surface area contributed by atoms with Crippen molar-refractivity contribution in [1.82, 2.24) is 9.62 Å². The average molecular weight is 342 g/mol. The number of nitrogens with one attached hydrogen (secondary N) is 1. The average Bonchev–Trinajstić information content (AvgIpc) is 3.01. The monoisotopic (exact) mass is 342 g/mol. The summed E-state index contributed by atoms with van der Waals surface area (Å²) in [6, 6.07) is 6.73. The number of methoxy groups -OCH3 is 1. The second-order valence-electron chi connectivity index (χ2n) is 5.14.